The Morgan fingerprint density at radius 1 is 0.769 bits per heavy atom. The van der Waals surface area contributed by atoms with Gasteiger partial charge in [0.05, 0.1) is 5.52 Å². The molecule has 3 nitrogen and oxygen atoms in total. The molecule has 0 spiro atoms. The second-order valence-corrected chi connectivity index (χ2v) is 6.57. The van der Waals surface area contributed by atoms with E-state index in [0.29, 0.717) is 27.2 Å². The summed E-state index contributed by atoms with van der Waals surface area (Å²) in [5.74, 6) is 0.862. The van der Waals surface area contributed by atoms with E-state index in [4.69, 9.17) is 23.2 Å². The van der Waals surface area contributed by atoms with Gasteiger partial charge in [-0.15, -0.1) is 0 Å². The van der Waals surface area contributed by atoms with Gasteiger partial charge in [-0.3, -0.25) is 0 Å². The summed E-state index contributed by atoms with van der Waals surface area (Å²) >= 11 is 12.1. The van der Waals surface area contributed by atoms with Crippen LogP contribution in [0.2, 0.25) is 10.0 Å². The maximum Gasteiger partial charge on any atom is 0.162 e. The minimum atomic E-state index is -0.295. The molecule has 1 N–H and O–H groups in total. The van der Waals surface area contributed by atoms with Crippen molar-refractivity contribution < 1.29 is 4.39 Å². The van der Waals surface area contributed by atoms with Crippen LogP contribution in [0.4, 0.5) is 15.9 Å². The Labute approximate surface area is 159 Å². The van der Waals surface area contributed by atoms with E-state index in [-0.39, 0.29) is 5.82 Å². The highest BCUT2D eigenvalue weighted by atomic mass is 35.5. The van der Waals surface area contributed by atoms with Gasteiger partial charge >= 0.3 is 0 Å². The third-order valence-corrected chi connectivity index (χ3v) is 4.36. The van der Waals surface area contributed by atoms with Gasteiger partial charge in [-0.05, 0) is 66.7 Å². The average Bonchev–Trinajstić information content (AvgIpc) is 2.63. The number of anilines is 2. The van der Waals surface area contributed by atoms with Crippen LogP contribution in [-0.2, 0) is 0 Å². The lowest BCUT2D eigenvalue weighted by Crippen LogP contribution is -1.99. The van der Waals surface area contributed by atoms with Crippen LogP contribution >= 0.6 is 23.2 Å². The zero-order valence-corrected chi connectivity index (χ0v) is 14.9. The fraction of sp³-hybridized carbons (Fsp3) is 0. The van der Waals surface area contributed by atoms with E-state index in [2.05, 4.69) is 15.3 Å². The van der Waals surface area contributed by atoms with Crippen molar-refractivity contribution in [2.75, 3.05) is 5.32 Å². The van der Waals surface area contributed by atoms with Crippen LogP contribution < -0.4 is 5.32 Å². The van der Waals surface area contributed by atoms with Crippen molar-refractivity contribution in [3.63, 3.8) is 0 Å². The molecule has 0 bridgehead atoms. The number of halogens is 3. The standard InChI is InChI=1S/C20H12Cl2FN3/c21-13-3-1-12(2-4-13)19-25-18-11-14(22)5-10-17(18)20(26-19)24-16-8-6-15(23)7-9-16/h1-11H,(H,24,25,26). The van der Waals surface area contributed by atoms with Crippen LogP contribution in [0.5, 0.6) is 0 Å². The van der Waals surface area contributed by atoms with Gasteiger partial charge in [0.1, 0.15) is 11.6 Å². The molecule has 1 aromatic heterocycles. The van der Waals surface area contributed by atoms with Gasteiger partial charge < -0.3 is 5.32 Å². The van der Waals surface area contributed by atoms with Gasteiger partial charge in [-0.2, -0.15) is 0 Å². The Bertz CT molecular complexity index is 1080. The molecule has 0 aliphatic heterocycles. The van der Waals surface area contributed by atoms with Crippen molar-refractivity contribution in [3.8, 4) is 11.4 Å². The van der Waals surface area contributed by atoms with E-state index >= 15 is 0 Å². The molecule has 0 aliphatic rings. The monoisotopic (exact) mass is 383 g/mol. The Morgan fingerprint density at radius 2 is 1.46 bits per heavy atom. The summed E-state index contributed by atoms with van der Waals surface area (Å²) < 4.78 is 13.2. The first kappa shape index (κ1) is 16.8. The summed E-state index contributed by atoms with van der Waals surface area (Å²) in [4.78, 5) is 9.26. The smallest absolute Gasteiger partial charge is 0.162 e. The van der Waals surface area contributed by atoms with Gasteiger partial charge in [0.2, 0.25) is 0 Å². The largest absolute Gasteiger partial charge is 0.340 e. The highest BCUT2D eigenvalue weighted by molar-refractivity contribution is 6.31. The van der Waals surface area contributed by atoms with Crippen LogP contribution in [-0.4, -0.2) is 9.97 Å². The number of nitrogens with one attached hydrogen (secondary N) is 1. The summed E-state index contributed by atoms with van der Waals surface area (Å²) in [6.45, 7) is 0. The summed E-state index contributed by atoms with van der Waals surface area (Å²) in [7, 11) is 0. The molecule has 1 heterocycles. The van der Waals surface area contributed by atoms with Crippen molar-refractivity contribution in [1.82, 2.24) is 9.97 Å². The summed E-state index contributed by atoms with van der Waals surface area (Å²) in [5, 5.41) is 5.27. The molecule has 128 valence electrons. The Kier molecular flexibility index (Phi) is 4.45. The van der Waals surface area contributed by atoms with Gasteiger partial charge in [-0.1, -0.05) is 23.2 Å². The SMILES string of the molecule is Fc1ccc(Nc2nc(-c3ccc(Cl)cc3)nc3cc(Cl)ccc23)cc1. The zero-order valence-electron chi connectivity index (χ0n) is 13.4. The number of hydrogen-bond acceptors (Lipinski definition) is 3. The molecule has 4 rings (SSSR count). The first-order valence-electron chi connectivity index (χ1n) is 7.84. The van der Waals surface area contributed by atoms with Crippen LogP contribution in [0.3, 0.4) is 0 Å². The highest BCUT2D eigenvalue weighted by Gasteiger charge is 2.11. The van der Waals surface area contributed by atoms with E-state index in [1.807, 2.05) is 18.2 Å². The second kappa shape index (κ2) is 6.90. The highest BCUT2D eigenvalue weighted by Crippen LogP contribution is 2.29. The van der Waals surface area contributed by atoms with E-state index in [0.717, 1.165) is 16.6 Å². The van der Waals surface area contributed by atoms with Gasteiger partial charge in [0.15, 0.2) is 5.82 Å². The minimum Gasteiger partial charge on any atom is -0.340 e. The molecule has 3 aromatic carbocycles. The van der Waals surface area contributed by atoms with Crippen molar-refractivity contribution >= 4 is 45.6 Å². The summed E-state index contributed by atoms with van der Waals surface area (Å²) in [6, 6.07) is 18.8. The van der Waals surface area contributed by atoms with Gasteiger partial charge in [-0.25, -0.2) is 14.4 Å². The molecular formula is C20H12Cl2FN3. The Balaban J connectivity index is 1.86. The number of rotatable bonds is 3. The minimum absolute atomic E-state index is 0.295. The van der Waals surface area contributed by atoms with E-state index < -0.39 is 0 Å². The first-order chi connectivity index (χ1) is 12.6. The fourth-order valence-electron chi connectivity index (χ4n) is 2.60. The van der Waals surface area contributed by atoms with Crippen molar-refractivity contribution in [1.29, 1.82) is 0 Å². The van der Waals surface area contributed by atoms with Crippen LogP contribution in [0.15, 0.2) is 66.7 Å². The molecular weight excluding hydrogens is 372 g/mol. The average molecular weight is 384 g/mol. The maximum absolute atomic E-state index is 13.2. The van der Waals surface area contributed by atoms with Gasteiger partial charge in [0.25, 0.3) is 0 Å². The molecule has 0 saturated carbocycles. The number of nitrogens with zero attached hydrogens (tertiary/aromatic N) is 2. The van der Waals surface area contributed by atoms with E-state index in [1.54, 1.807) is 36.4 Å². The normalized spacial score (nSPS) is 10.9. The topological polar surface area (TPSA) is 37.8 Å². The van der Waals surface area contributed by atoms with Crippen molar-refractivity contribution in [3.05, 3.63) is 82.6 Å². The summed E-state index contributed by atoms with van der Waals surface area (Å²) in [5.41, 5.74) is 2.27. The lowest BCUT2D eigenvalue weighted by molar-refractivity contribution is 0.628. The van der Waals surface area contributed by atoms with Crippen LogP contribution in [0, 0.1) is 5.82 Å². The molecule has 4 aromatic rings. The van der Waals surface area contributed by atoms with Crippen LogP contribution in [0.25, 0.3) is 22.3 Å². The third kappa shape index (κ3) is 3.47. The quantitative estimate of drug-likeness (QED) is 0.439. The van der Waals surface area contributed by atoms with Crippen molar-refractivity contribution in [2.45, 2.75) is 0 Å². The number of benzene rings is 3. The van der Waals surface area contributed by atoms with E-state index in [1.165, 1.54) is 12.1 Å². The molecule has 0 amide bonds. The molecule has 26 heavy (non-hydrogen) atoms. The molecule has 0 unspecified atom stereocenters. The predicted molar refractivity (Wildman–Crippen MR) is 105 cm³/mol. The zero-order chi connectivity index (χ0) is 18.1. The molecule has 6 heteroatoms. The predicted octanol–water partition coefficient (Wildman–Crippen LogP) is 6.49. The Hall–Kier alpha value is -2.69. The molecule has 0 aliphatic carbocycles. The Morgan fingerprint density at radius 3 is 2.19 bits per heavy atom. The van der Waals surface area contributed by atoms with E-state index in [9.17, 15) is 4.39 Å². The van der Waals surface area contributed by atoms with Crippen LogP contribution in [0.1, 0.15) is 0 Å². The fourth-order valence-corrected chi connectivity index (χ4v) is 2.89. The summed E-state index contributed by atoms with van der Waals surface area (Å²) in [6.07, 6.45) is 0. The molecule has 0 radical (unpaired) electrons. The number of aromatic nitrogens is 2. The second-order valence-electron chi connectivity index (χ2n) is 5.70. The van der Waals surface area contributed by atoms with Crippen molar-refractivity contribution in [2.24, 2.45) is 0 Å². The first-order valence-corrected chi connectivity index (χ1v) is 8.60. The lowest BCUT2D eigenvalue weighted by atomic mass is 10.1. The third-order valence-electron chi connectivity index (χ3n) is 3.87. The maximum atomic E-state index is 13.2. The number of fused-ring (bicyclic) bond motifs is 1. The molecule has 0 fully saturated rings. The molecule has 0 atom stereocenters. The molecule has 0 saturated heterocycles. The van der Waals surface area contributed by atoms with Gasteiger partial charge in [0, 0.05) is 26.7 Å². The lowest BCUT2D eigenvalue weighted by Gasteiger charge is -2.11. The number of hydrogen-bond donors (Lipinski definition) is 1.